The number of thioether (sulfide) groups is 1. The third-order valence-electron chi connectivity index (χ3n) is 4.23. The number of halogens is 3. The van der Waals surface area contributed by atoms with Crippen LogP contribution in [0.4, 0.5) is 13.2 Å². The summed E-state index contributed by atoms with van der Waals surface area (Å²) < 4.78 is 37.6. The third-order valence-corrected chi connectivity index (χ3v) is 5.86. The van der Waals surface area contributed by atoms with Gasteiger partial charge in [-0.05, 0) is 49.5 Å². The molecule has 1 saturated heterocycles. The molecule has 1 nitrogen and oxygen atoms in total. The summed E-state index contributed by atoms with van der Waals surface area (Å²) in [6, 6.07) is 5.44. The number of alkyl halides is 3. The fourth-order valence-corrected chi connectivity index (χ4v) is 4.37. The van der Waals surface area contributed by atoms with E-state index in [1.165, 1.54) is 17.7 Å². The minimum atomic E-state index is -4.26. The van der Waals surface area contributed by atoms with Crippen molar-refractivity contribution in [2.24, 2.45) is 0 Å². The lowest BCUT2D eigenvalue weighted by Gasteiger charge is -2.09. The highest BCUT2D eigenvalue weighted by Crippen LogP contribution is 2.65. The van der Waals surface area contributed by atoms with Crippen LogP contribution in [0.3, 0.4) is 0 Å². The van der Waals surface area contributed by atoms with Crippen molar-refractivity contribution in [1.29, 1.82) is 0 Å². The van der Waals surface area contributed by atoms with Gasteiger partial charge in [-0.1, -0.05) is 12.1 Å². The highest BCUT2D eigenvalue weighted by atomic mass is 32.2. The number of nitrogens with one attached hydrogen (secondary N) is 1. The highest BCUT2D eigenvalue weighted by Gasteiger charge is 2.62. The molecule has 0 atom stereocenters. The molecule has 3 fully saturated rings. The Hall–Kier alpha value is -0.940. The van der Waals surface area contributed by atoms with E-state index in [2.05, 4.69) is 11.4 Å². The van der Waals surface area contributed by atoms with E-state index in [1.54, 1.807) is 12.1 Å². The molecule has 2 aliphatic carbocycles. The molecule has 3 aliphatic rings. The van der Waals surface area contributed by atoms with Gasteiger partial charge in [0.15, 0.2) is 0 Å². The van der Waals surface area contributed by atoms with Crippen LogP contribution in [0.25, 0.3) is 6.08 Å². The van der Waals surface area contributed by atoms with E-state index >= 15 is 0 Å². The average molecular weight is 297 g/mol. The zero-order valence-corrected chi connectivity index (χ0v) is 11.6. The van der Waals surface area contributed by atoms with Gasteiger partial charge < -0.3 is 0 Å². The van der Waals surface area contributed by atoms with E-state index in [9.17, 15) is 13.2 Å². The summed E-state index contributed by atoms with van der Waals surface area (Å²) in [5.41, 5.74) is 0.409. The number of rotatable bonds is 1. The summed E-state index contributed by atoms with van der Waals surface area (Å²) in [7, 11) is 0. The van der Waals surface area contributed by atoms with Crippen LogP contribution in [-0.4, -0.2) is 10.4 Å². The molecule has 0 unspecified atom stereocenters. The summed E-state index contributed by atoms with van der Waals surface area (Å²) in [6.45, 7) is 0. The summed E-state index contributed by atoms with van der Waals surface area (Å²) in [5.74, 6) is 0. The van der Waals surface area contributed by atoms with Gasteiger partial charge in [-0.3, -0.25) is 5.32 Å². The smallest absolute Gasteiger partial charge is 0.292 e. The Bertz CT molecular complexity index is 580. The standard InChI is InChI=1S/C15H14F3NS/c16-15(17,18)11-3-1-10(2-4-11)9-12-13(5-6-13)19-14(20-12)7-8-14/h1-4,9,19H,5-8H2/b12-9-. The normalized spacial score (nSPS) is 27.4. The van der Waals surface area contributed by atoms with Crippen LogP contribution in [0.1, 0.15) is 36.8 Å². The van der Waals surface area contributed by atoms with Crippen molar-refractivity contribution in [2.45, 2.75) is 42.3 Å². The Kier molecular flexibility index (Phi) is 2.44. The summed E-state index contributed by atoms with van der Waals surface area (Å²) in [5, 5.41) is 3.71. The maximum absolute atomic E-state index is 12.5. The lowest BCUT2D eigenvalue weighted by Crippen LogP contribution is -2.32. The molecule has 1 heterocycles. The summed E-state index contributed by atoms with van der Waals surface area (Å²) in [4.78, 5) is 1.54. The minimum Gasteiger partial charge on any atom is -0.292 e. The Labute approximate surface area is 119 Å². The first-order valence-corrected chi connectivity index (χ1v) is 7.60. The van der Waals surface area contributed by atoms with Gasteiger partial charge in [-0.15, -0.1) is 11.8 Å². The van der Waals surface area contributed by atoms with Crippen molar-refractivity contribution < 1.29 is 13.2 Å². The molecule has 0 amide bonds. The van der Waals surface area contributed by atoms with Gasteiger partial charge in [-0.25, -0.2) is 0 Å². The molecule has 1 N–H and O–H groups in total. The van der Waals surface area contributed by atoms with E-state index < -0.39 is 11.7 Å². The molecule has 1 aliphatic heterocycles. The van der Waals surface area contributed by atoms with Crippen molar-refractivity contribution in [1.82, 2.24) is 5.32 Å². The first-order valence-electron chi connectivity index (χ1n) is 6.79. The molecule has 106 valence electrons. The molecular weight excluding hydrogens is 283 g/mol. The van der Waals surface area contributed by atoms with Crippen molar-refractivity contribution in [3.8, 4) is 0 Å². The fourth-order valence-electron chi connectivity index (χ4n) is 2.76. The molecule has 0 radical (unpaired) electrons. The minimum absolute atomic E-state index is 0.143. The quantitative estimate of drug-likeness (QED) is 0.824. The molecular formula is C15H14F3NS. The highest BCUT2D eigenvalue weighted by molar-refractivity contribution is 8.05. The molecule has 2 saturated carbocycles. The zero-order chi connectivity index (χ0) is 14.0. The SMILES string of the molecule is FC(F)(F)c1ccc(/C=C2\SC3(CC3)NC23CC3)cc1. The maximum Gasteiger partial charge on any atom is 0.416 e. The van der Waals surface area contributed by atoms with Gasteiger partial charge in [0.05, 0.1) is 16.0 Å². The second-order valence-corrected chi connectivity index (χ2v) is 7.36. The molecule has 0 bridgehead atoms. The predicted molar refractivity (Wildman–Crippen MR) is 74.1 cm³/mol. The van der Waals surface area contributed by atoms with Crippen molar-refractivity contribution in [3.63, 3.8) is 0 Å². The van der Waals surface area contributed by atoms with Crippen molar-refractivity contribution in [3.05, 3.63) is 40.3 Å². The van der Waals surface area contributed by atoms with Crippen molar-refractivity contribution >= 4 is 17.8 Å². The van der Waals surface area contributed by atoms with E-state index in [4.69, 9.17) is 0 Å². The van der Waals surface area contributed by atoms with E-state index in [0.29, 0.717) is 0 Å². The number of benzene rings is 1. The first kappa shape index (κ1) is 12.8. The summed E-state index contributed by atoms with van der Waals surface area (Å²) in [6.07, 6.45) is 2.49. The molecule has 1 aromatic carbocycles. The average Bonchev–Trinajstić information content (AvgIpc) is 3.26. The van der Waals surface area contributed by atoms with Gasteiger partial charge in [0, 0.05) is 4.91 Å². The Balaban J connectivity index is 1.61. The lowest BCUT2D eigenvalue weighted by atomic mass is 10.1. The van der Waals surface area contributed by atoms with Crippen LogP contribution in [0.2, 0.25) is 0 Å². The van der Waals surface area contributed by atoms with Gasteiger partial charge in [-0.2, -0.15) is 13.2 Å². The molecule has 1 aromatic rings. The lowest BCUT2D eigenvalue weighted by molar-refractivity contribution is -0.137. The fraction of sp³-hybridized carbons (Fsp3) is 0.467. The summed E-state index contributed by atoms with van der Waals surface area (Å²) >= 11 is 1.88. The van der Waals surface area contributed by atoms with Crippen LogP contribution < -0.4 is 5.32 Å². The van der Waals surface area contributed by atoms with Crippen LogP contribution in [0.15, 0.2) is 29.2 Å². The Morgan fingerprint density at radius 1 is 1.05 bits per heavy atom. The van der Waals surface area contributed by atoms with E-state index in [-0.39, 0.29) is 10.4 Å². The van der Waals surface area contributed by atoms with Gasteiger partial charge in [0.2, 0.25) is 0 Å². The van der Waals surface area contributed by atoms with Crippen LogP contribution in [0, 0.1) is 0 Å². The molecule has 0 aromatic heterocycles. The van der Waals surface area contributed by atoms with E-state index in [1.807, 2.05) is 11.8 Å². The van der Waals surface area contributed by atoms with Crippen LogP contribution in [0.5, 0.6) is 0 Å². The second kappa shape index (κ2) is 3.83. The molecule has 4 rings (SSSR count). The second-order valence-electron chi connectivity index (χ2n) is 5.93. The Morgan fingerprint density at radius 3 is 2.20 bits per heavy atom. The van der Waals surface area contributed by atoms with Crippen LogP contribution >= 0.6 is 11.8 Å². The molecule has 5 heteroatoms. The van der Waals surface area contributed by atoms with Gasteiger partial charge in [0.25, 0.3) is 0 Å². The molecule has 20 heavy (non-hydrogen) atoms. The first-order chi connectivity index (χ1) is 9.41. The molecule has 2 spiro atoms. The van der Waals surface area contributed by atoms with Gasteiger partial charge >= 0.3 is 6.18 Å². The Morgan fingerprint density at radius 2 is 1.70 bits per heavy atom. The maximum atomic E-state index is 12.5. The van der Waals surface area contributed by atoms with Crippen LogP contribution in [-0.2, 0) is 6.18 Å². The number of hydrogen-bond acceptors (Lipinski definition) is 2. The monoisotopic (exact) mass is 297 g/mol. The zero-order valence-electron chi connectivity index (χ0n) is 10.8. The topological polar surface area (TPSA) is 12.0 Å². The predicted octanol–water partition coefficient (Wildman–Crippen LogP) is 4.41. The number of hydrogen-bond donors (Lipinski definition) is 1. The van der Waals surface area contributed by atoms with E-state index in [0.717, 1.165) is 30.5 Å². The van der Waals surface area contributed by atoms with Crippen molar-refractivity contribution in [2.75, 3.05) is 0 Å². The third kappa shape index (κ3) is 2.07. The van der Waals surface area contributed by atoms with Gasteiger partial charge in [0.1, 0.15) is 0 Å². The largest absolute Gasteiger partial charge is 0.416 e.